The molecule has 3 N–H and O–H groups in total. The highest BCUT2D eigenvalue weighted by Crippen LogP contribution is 2.21. The Labute approximate surface area is 154 Å². The van der Waals surface area contributed by atoms with Gasteiger partial charge in [0.05, 0.1) is 11.8 Å². The highest BCUT2D eigenvalue weighted by Gasteiger charge is 2.29. The van der Waals surface area contributed by atoms with Crippen molar-refractivity contribution in [1.82, 2.24) is 20.4 Å². The summed E-state index contributed by atoms with van der Waals surface area (Å²) in [6.45, 7) is 3.79. The first-order chi connectivity index (χ1) is 12.9. The van der Waals surface area contributed by atoms with Crippen LogP contribution in [0, 0.1) is 17.0 Å². The van der Waals surface area contributed by atoms with Gasteiger partial charge in [-0.25, -0.2) is 4.68 Å². The van der Waals surface area contributed by atoms with Crippen molar-refractivity contribution in [2.24, 2.45) is 0 Å². The molecule has 1 saturated heterocycles. The molecule has 0 saturated carbocycles. The average Bonchev–Trinajstić information content (AvgIpc) is 3.21. The van der Waals surface area contributed by atoms with Crippen LogP contribution in [-0.2, 0) is 4.79 Å². The van der Waals surface area contributed by atoms with E-state index in [-0.39, 0.29) is 17.7 Å². The second kappa shape index (κ2) is 7.58. The zero-order chi connectivity index (χ0) is 19.6. The molecule has 0 aromatic carbocycles. The summed E-state index contributed by atoms with van der Waals surface area (Å²) in [7, 11) is 0. The van der Waals surface area contributed by atoms with Gasteiger partial charge >= 0.3 is 5.88 Å². The molecule has 11 heteroatoms. The largest absolute Gasteiger partial charge is 0.433 e. The zero-order valence-corrected chi connectivity index (χ0v) is 14.9. The lowest BCUT2D eigenvalue weighted by atomic mass is 10.1. The van der Waals surface area contributed by atoms with E-state index in [1.165, 1.54) is 10.7 Å². The maximum atomic E-state index is 12.3. The minimum atomic E-state index is -0.722. The number of nitrogens with one attached hydrogen (secondary N) is 3. The molecule has 1 aliphatic heterocycles. The number of carbonyl (C=O) groups is 2. The van der Waals surface area contributed by atoms with E-state index in [2.05, 4.69) is 21.0 Å². The quantitative estimate of drug-likeness (QED) is 0.514. The van der Waals surface area contributed by atoms with Gasteiger partial charge in [-0.15, -0.1) is 0 Å². The van der Waals surface area contributed by atoms with Crippen LogP contribution in [-0.4, -0.2) is 32.6 Å². The fourth-order valence-corrected chi connectivity index (χ4v) is 2.96. The van der Waals surface area contributed by atoms with Crippen LogP contribution in [0.25, 0.3) is 0 Å². The normalized spacial score (nSPS) is 19.6. The Morgan fingerprint density at radius 3 is 2.96 bits per heavy atom. The van der Waals surface area contributed by atoms with Gasteiger partial charge < -0.3 is 15.1 Å². The van der Waals surface area contributed by atoms with Crippen LogP contribution >= 0.6 is 0 Å². The van der Waals surface area contributed by atoms with Crippen LogP contribution in [0.2, 0.25) is 0 Å². The highest BCUT2D eigenvalue weighted by molar-refractivity contribution is 6.02. The molecule has 0 spiro atoms. The van der Waals surface area contributed by atoms with Gasteiger partial charge in [0.15, 0.2) is 12.0 Å². The average molecular weight is 376 g/mol. The van der Waals surface area contributed by atoms with E-state index in [0.717, 1.165) is 18.9 Å². The van der Waals surface area contributed by atoms with Crippen molar-refractivity contribution in [2.45, 2.75) is 45.4 Å². The van der Waals surface area contributed by atoms with Crippen LogP contribution < -0.4 is 16.0 Å². The molecule has 2 aromatic rings. The number of carbonyl (C=O) groups excluding carboxylic acids is 2. The standard InChI is InChI=1S/C16H20N6O5/c1-3-4-10-8-13(23)19-16(17-10)21-12(7-9(2)20-21)18-15(24)11-5-6-14(27-11)22(25)26/h5-7,10,16-17H,3-4,8H2,1-2H3,(H,18,24)(H,19,23). The van der Waals surface area contributed by atoms with Crippen molar-refractivity contribution in [3.8, 4) is 0 Å². The SMILES string of the molecule is CCCC1CC(=O)NC(n2nc(C)cc2NC(=O)c2ccc([N+](=O)[O-])o2)N1. The van der Waals surface area contributed by atoms with Crippen molar-refractivity contribution in [2.75, 3.05) is 5.32 Å². The third kappa shape index (κ3) is 4.14. The fraction of sp³-hybridized carbons (Fsp3) is 0.438. The summed E-state index contributed by atoms with van der Waals surface area (Å²) in [6.07, 6.45) is 1.53. The molecule has 11 nitrogen and oxygen atoms in total. The molecular weight excluding hydrogens is 356 g/mol. The van der Waals surface area contributed by atoms with Gasteiger partial charge in [-0.1, -0.05) is 13.3 Å². The molecule has 27 heavy (non-hydrogen) atoms. The molecule has 2 atom stereocenters. The number of aromatic nitrogens is 2. The lowest BCUT2D eigenvalue weighted by Gasteiger charge is -2.32. The van der Waals surface area contributed by atoms with E-state index < -0.39 is 23.0 Å². The molecular formula is C16H20N6O5. The lowest BCUT2D eigenvalue weighted by Crippen LogP contribution is -2.53. The number of hydrogen-bond donors (Lipinski definition) is 3. The Bertz CT molecular complexity index is 873. The first-order valence-corrected chi connectivity index (χ1v) is 8.54. The minimum Gasteiger partial charge on any atom is -0.395 e. The van der Waals surface area contributed by atoms with E-state index in [1.807, 2.05) is 6.92 Å². The highest BCUT2D eigenvalue weighted by atomic mass is 16.6. The first kappa shape index (κ1) is 18.6. The van der Waals surface area contributed by atoms with Gasteiger partial charge in [0.25, 0.3) is 5.91 Å². The number of hydrogen-bond acceptors (Lipinski definition) is 7. The molecule has 1 aliphatic rings. The molecule has 1 fully saturated rings. The summed E-state index contributed by atoms with van der Waals surface area (Å²) >= 11 is 0. The van der Waals surface area contributed by atoms with Gasteiger partial charge in [0.2, 0.25) is 5.91 Å². The molecule has 0 radical (unpaired) electrons. The van der Waals surface area contributed by atoms with Gasteiger partial charge in [-0.2, -0.15) is 5.10 Å². The summed E-state index contributed by atoms with van der Waals surface area (Å²) in [5.74, 6) is -1.16. The molecule has 2 unspecified atom stereocenters. The van der Waals surface area contributed by atoms with E-state index in [1.54, 1.807) is 13.0 Å². The Kier molecular flexibility index (Phi) is 5.21. The van der Waals surface area contributed by atoms with Crippen LogP contribution in [0.1, 0.15) is 48.7 Å². The molecule has 144 valence electrons. The number of furan rings is 1. The molecule has 3 heterocycles. The predicted molar refractivity (Wildman–Crippen MR) is 93.9 cm³/mol. The first-order valence-electron chi connectivity index (χ1n) is 8.54. The Morgan fingerprint density at radius 2 is 2.30 bits per heavy atom. The second-order valence-corrected chi connectivity index (χ2v) is 6.29. The van der Waals surface area contributed by atoms with Crippen LogP contribution in [0.3, 0.4) is 0 Å². The van der Waals surface area contributed by atoms with E-state index in [9.17, 15) is 19.7 Å². The summed E-state index contributed by atoms with van der Waals surface area (Å²) in [4.78, 5) is 34.3. The van der Waals surface area contributed by atoms with E-state index in [0.29, 0.717) is 17.9 Å². The number of nitrogens with zero attached hydrogens (tertiary/aromatic N) is 3. The summed E-state index contributed by atoms with van der Waals surface area (Å²) in [5, 5.41) is 23.7. The third-order valence-electron chi connectivity index (χ3n) is 4.10. The van der Waals surface area contributed by atoms with Crippen molar-refractivity contribution in [1.29, 1.82) is 0 Å². The fourth-order valence-electron chi connectivity index (χ4n) is 2.96. The molecule has 2 amide bonds. The number of aryl methyl sites for hydroxylation is 1. The number of anilines is 1. The van der Waals surface area contributed by atoms with Crippen LogP contribution in [0.15, 0.2) is 22.6 Å². The van der Waals surface area contributed by atoms with Gasteiger partial charge in [-0.05, 0) is 19.4 Å². The lowest BCUT2D eigenvalue weighted by molar-refractivity contribution is -0.402. The van der Waals surface area contributed by atoms with Crippen LogP contribution in [0.4, 0.5) is 11.7 Å². The second-order valence-electron chi connectivity index (χ2n) is 6.29. The summed E-state index contributed by atoms with van der Waals surface area (Å²) in [5.41, 5.74) is 0.629. The predicted octanol–water partition coefficient (Wildman–Crippen LogP) is 1.68. The van der Waals surface area contributed by atoms with Crippen molar-refractivity contribution in [3.63, 3.8) is 0 Å². The van der Waals surface area contributed by atoms with Gasteiger partial charge in [0, 0.05) is 18.5 Å². The Morgan fingerprint density at radius 1 is 1.52 bits per heavy atom. The van der Waals surface area contributed by atoms with Crippen molar-refractivity contribution in [3.05, 3.63) is 39.8 Å². The third-order valence-corrected chi connectivity index (χ3v) is 4.10. The number of amides is 2. The summed E-state index contributed by atoms with van der Waals surface area (Å²) in [6, 6.07) is 3.97. The maximum Gasteiger partial charge on any atom is 0.433 e. The molecule has 3 rings (SSSR count). The Hall–Kier alpha value is -3.21. The summed E-state index contributed by atoms with van der Waals surface area (Å²) < 4.78 is 6.37. The molecule has 0 aliphatic carbocycles. The smallest absolute Gasteiger partial charge is 0.395 e. The van der Waals surface area contributed by atoms with E-state index in [4.69, 9.17) is 4.42 Å². The molecule has 0 bridgehead atoms. The van der Waals surface area contributed by atoms with E-state index >= 15 is 0 Å². The number of rotatable bonds is 6. The molecule has 2 aromatic heterocycles. The zero-order valence-electron chi connectivity index (χ0n) is 14.9. The van der Waals surface area contributed by atoms with Crippen molar-refractivity contribution >= 4 is 23.5 Å². The van der Waals surface area contributed by atoms with Crippen LogP contribution in [0.5, 0.6) is 0 Å². The van der Waals surface area contributed by atoms with Gasteiger partial charge in [-0.3, -0.25) is 25.0 Å². The Balaban J connectivity index is 1.79. The monoisotopic (exact) mass is 376 g/mol. The maximum absolute atomic E-state index is 12.3. The topological polar surface area (TPSA) is 144 Å². The van der Waals surface area contributed by atoms with Crippen molar-refractivity contribution < 1.29 is 18.9 Å². The number of nitro groups is 1. The minimum absolute atomic E-state index is 0.00882. The van der Waals surface area contributed by atoms with Gasteiger partial charge in [0.1, 0.15) is 10.7 Å².